The summed E-state index contributed by atoms with van der Waals surface area (Å²) in [6.45, 7) is 0. The van der Waals surface area contributed by atoms with Crippen molar-refractivity contribution in [3.8, 4) is 0 Å². The minimum Gasteiger partial charge on any atom is -0.343 e. The molecule has 0 saturated heterocycles. The molecule has 4 heteroatoms. The molecular weight excluding hydrogens is 130 g/mol. The zero-order valence-electron chi connectivity index (χ0n) is 5.69. The lowest BCUT2D eigenvalue weighted by atomic mass is 10.5. The van der Waals surface area contributed by atoms with E-state index in [2.05, 4.69) is 10.3 Å². The van der Waals surface area contributed by atoms with Gasteiger partial charge in [0.15, 0.2) is 6.29 Å². The molecule has 0 bridgehead atoms. The first kappa shape index (κ1) is 6.80. The highest BCUT2D eigenvalue weighted by Crippen LogP contribution is 1.97. The average molecular weight is 139 g/mol. The Morgan fingerprint density at radius 1 is 1.80 bits per heavy atom. The van der Waals surface area contributed by atoms with Crippen LogP contribution in [-0.4, -0.2) is 30.9 Å². The third-order valence-electron chi connectivity index (χ3n) is 1.24. The molecule has 1 aliphatic rings. The molecule has 0 aliphatic carbocycles. The molecule has 1 aliphatic heterocycles. The average Bonchev–Trinajstić information content (AvgIpc) is 1.94. The van der Waals surface area contributed by atoms with Gasteiger partial charge in [-0.05, 0) is 6.08 Å². The molecule has 0 aromatic rings. The van der Waals surface area contributed by atoms with Crippen molar-refractivity contribution in [1.82, 2.24) is 10.2 Å². The van der Waals surface area contributed by atoms with E-state index in [1.807, 2.05) is 19.3 Å². The molecule has 0 saturated carbocycles. The van der Waals surface area contributed by atoms with Crippen molar-refractivity contribution in [3.63, 3.8) is 0 Å². The van der Waals surface area contributed by atoms with E-state index in [9.17, 15) is 4.79 Å². The molecule has 10 heavy (non-hydrogen) atoms. The third-order valence-corrected chi connectivity index (χ3v) is 1.24. The molecule has 1 N–H and O–H groups in total. The molecule has 1 atom stereocenters. The van der Waals surface area contributed by atoms with Crippen molar-refractivity contribution >= 4 is 12.6 Å². The second-order valence-corrected chi connectivity index (χ2v) is 1.96. The van der Waals surface area contributed by atoms with Crippen LogP contribution in [-0.2, 0) is 4.79 Å². The maximum absolute atomic E-state index is 9.98. The second-order valence-electron chi connectivity index (χ2n) is 1.96. The maximum atomic E-state index is 9.98. The number of carbonyl (C=O) groups is 1. The van der Waals surface area contributed by atoms with Crippen molar-refractivity contribution < 1.29 is 4.79 Å². The number of rotatable bonds is 2. The van der Waals surface area contributed by atoms with Gasteiger partial charge in [0.2, 0.25) is 6.41 Å². The number of carbonyl (C=O) groups excluding carboxylic acids is 1. The Labute approximate surface area is 59.2 Å². The lowest BCUT2D eigenvalue weighted by molar-refractivity contribution is -0.110. The SMILES string of the molecule is CN1C=CC=NC1NC=O. The lowest BCUT2D eigenvalue weighted by Crippen LogP contribution is -2.39. The van der Waals surface area contributed by atoms with Crippen molar-refractivity contribution in [2.75, 3.05) is 7.05 Å². The van der Waals surface area contributed by atoms with Gasteiger partial charge in [-0.25, -0.2) is 4.99 Å². The Balaban J connectivity index is 2.52. The van der Waals surface area contributed by atoms with Crippen molar-refractivity contribution in [2.24, 2.45) is 4.99 Å². The summed E-state index contributed by atoms with van der Waals surface area (Å²) < 4.78 is 0. The Morgan fingerprint density at radius 3 is 3.20 bits per heavy atom. The standard InChI is InChI=1S/C6H9N3O/c1-9-4-2-3-7-6(9)8-5-10/h2-6H,1H3,(H,8,10). The molecule has 1 heterocycles. The molecule has 4 nitrogen and oxygen atoms in total. The predicted octanol–water partition coefficient (Wildman–Crippen LogP) is -0.454. The van der Waals surface area contributed by atoms with Crippen LogP contribution in [0.3, 0.4) is 0 Å². The molecule has 54 valence electrons. The largest absolute Gasteiger partial charge is 0.343 e. The van der Waals surface area contributed by atoms with Gasteiger partial charge in [-0.1, -0.05) is 0 Å². The number of amides is 1. The first-order chi connectivity index (χ1) is 4.84. The highest BCUT2D eigenvalue weighted by Gasteiger charge is 2.07. The molecule has 0 aromatic heterocycles. The highest BCUT2D eigenvalue weighted by atomic mass is 16.1. The number of nitrogens with one attached hydrogen (secondary N) is 1. The van der Waals surface area contributed by atoms with E-state index in [1.165, 1.54) is 0 Å². The van der Waals surface area contributed by atoms with Gasteiger partial charge in [0.25, 0.3) is 0 Å². The van der Waals surface area contributed by atoms with Gasteiger partial charge in [-0.2, -0.15) is 0 Å². The van der Waals surface area contributed by atoms with E-state index in [-0.39, 0.29) is 6.29 Å². The smallest absolute Gasteiger partial charge is 0.210 e. The fraction of sp³-hybridized carbons (Fsp3) is 0.333. The summed E-state index contributed by atoms with van der Waals surface area (Å²) in [4.78, 5) is 15.8. The Morgan fingerprint density at radius 2 is 2.60 bits per heavy atom. The van der Waals surface area contributed by atoms with Gasteiger partial charge in [0, 0.05) is 19.5 Å². The second kappa shape index (κ2) is 3.00. The maximum Gasteiger partial charge on any atom is 0.210 e. The fourth-order valence-corrected chi connectivity index (χ4v) is 0.714. The van der Waals surface area contributed by atoms with E-state index in [0.29, 0.717) is 6.41 Å². The fourth-order valence-electron chi connectivity index (χ4n) is 0.714. The van der Waals surface area contributed by atoms with E-state index < -0.39 is 0 Å². The van der Waals surface area contributed by atoms with E-state index in [0.717, 1.165) is 0 Å². The summed E-state index contributed by atoms with van der Waals surface area (Å²) in [5.74, 6) is 0. The van der Waals surface area contributed by atoms with Gasteiger partial charge in [0.05, 0.1) is 0 Å². The van der Waals surface area contributed by atoms with Crippen LogP contribution in [0.4, 0.5) is 0 Å². The van der Waals surface area contributed by atoms with Gasteiger partial charge >= 0.3 is 0 Å². The first-order valence-electron chi connectivity index (χ1n) is 2.96. The summed E-state index contributed by atoms with van der Waals surface area (Å²) in [7, 11) is 1.84. The van der Waals surface area contributed by atoms with Crippen LogP contribution in [0.15, 0.2) is 17.3 Å². The number of nitrogens with zero attached hydrogens (tertiary/aromatic N) is 2. The molecule has 1 unspecified atom stereocenters. The molecule has 0 spiro atoms. The number of hydrogen-bond acceptors (Lipinski definition) is 3. The topological polar surface area (TPSA) is 44.7 Å². The van der Waals surface area contributed by atoms with Crippen molar-refractivity contribution in [1.29, 1.82) is 0 Å². The monoisotopic (exact) mass is 139 g/mol. The van der Waals surface area contributed by atoms with E-state index in [1.54, 1.807) is 11.1 Å². The summed E-state index contributed by atoms with van der Waals surface area (Å²) in [6, 6.07) is 0. The Kier molecular flexibility index (Phi) is 2.04. The van der Waals surface area contributed by atoms with Crippen LogP contribution in [0.2, 0.25) is 0 Å². The number of allylic oxidation sites excluding steroid dienone is 1. The van der Waals surface area contributed by atoms with Crippen LogP contribution < -0.4 is 5.32 Å². The van der Waals surface area contributed by atoms with Crippen LogP contribution in [0.5, 0.6) is 0 Å². The number of hydrogen-bond donors (Lipinski definition) is 1. The van der Waals surface area contributed by atoms with Crippen LogP contribution >= 0.6 is 0 Å². The summed E-state index contributed by atoms with van der Waals surface area (Å²) >= 11 is 0. The Hall–Kier alpha value is -1.32. The minimum atomic E-state index is -0.234. The molecule has 1 amide bonds. The van der Waals surface area contributed by atoms with E-state index in [4.69, 9.17) is 0 Å². The Bertz CT molecular complexity index is 176. The third kappa shape index (κ3) is 1.34. The normalized spacial score (nSPS) is 22.9. The lowest BCUT2D eigenvalue weighted by Gasteiger charge is -2.23. The zero-order chi connectivity index (χ0) is 7.40. The summed E-state index contributed by atoms with van der Waals surface area (Å²) in [6.07, 6.45) is 5.71. The number of aliphatic imine (C=N–C) groups is 1. The van der Waals surface area contributed by atoms with Crippen LogP contribution in [0.1, 0.15) is 0 Å². The minimum absolute atomic E-state index is 0.234. The van der Waals surface area contributed by atoms with Crippen LogP contribution in [0, 0.1) is 0 Å². The van der Waals surface area contributed by atoms with Gasteiger partial charge in [-0.3, -0.25) is 4.79 Å². The highest BCUT2D eigenvalue weighted by molar-refractivity contribution is 5.72. The molecule has 1 rings (SSSR count). The molecule has 0 aromatic carbocycles. The molecular formula is C6H9N3O. The summed E-state index contributed by atoms with van der Waals surface area (Å²) in [5, 5.41) is 2.53. The van der Waals surface area contributed by atoms with Crippen LogP contribution in [0.25, 0.3) is 0 Å². The molecule has 0 radical (unpaired) electrons. The van der Waals surface area contributed by atoms with E-state index >= 15 is 0 Å². The predicted molar refractivity (Wildman–Crippen MR) is 38.4 cm³/mol. The van der Waals surface area contributed by atoms with Crippen molar-refractivity contribution in [2.45, 2.75) is 6.29 Å². The summed E-state index contributed by atoms with van der Waals surface area (Å²) in [5.41, 5.74) is 0. The quantitative estimate of drug-likeness (QED) is 0.526. The molecule has 0 fully saturated rings. The van der Waals surface area contributed by atoms with Gasteiger partial charge < -0.3 is 10.2 Å². The zero-order valence-corrected chi connectivity index (χ0v) is 5.69. The first-order valence-corrected chi connectivity index (χ1v) is 2.96. The van der Waals surface area contributed by atoms with Gasteiger partial charge in [0.1, 0.15) is 0 Å². The van der Waals surface area contributed by atoms with Crippen molar-refractivity contribution in [3.05, 3.63) is 12.3 Å². The van der Waals surface area contributed by atoms with Gasteiger partial charge in [-0.15, -0.1) is 0 Å².